The fraction of sp³-hybridized carbons (Fsp3) is 0.0732. The quantitative estimate of drug-likeness (QED) is 0.178. The van der Waals surface area contributed by atoms with Crippen LogP contribution in [0.4, 0.5) is 34.4 Å². The Bertz CT molecular complexity index is 2210. The number of pyridine rings is 2. The van der Waals surface area contributed by atoms with Gasteiger partial charge in [0.05, 0.1) is 11.4 Å². The van der Waals surface area contributed by atoms with Crippen molar-refractivity contribution in [2.45, 2.75) is 19.3 Å². The largest absolute Gasteiger partial charge is 0.295 e. The molecule has 2 heterocycles. The van der Waals surface area contributed by atoms with Gasteiger partial charge in [-0.3, -0.25) is 9.80 Å². The van der Waals surface area contributed by atoms with Crippen LogP contribution in [0.15, 0.2) is 156 Å². The molecule has 0 atom stereocenters. The second kappa shape index (κ2) is 11.3. The minimum absolute atomic E-state index is 0.119. The average molecular weight is 660 g/mol. The highest BCUT2D eigenvalue weighted by molar-refractivity contribution is 9.10. The van der Waals surface area contributed by atoms with Crippen LogP contribution in [0.25, 0.3) is 21.9 Å². The van der Waals surface area contributed by atoms with Crippen LogP contribution in [0.5, 0.6) is 0 Å². The van der Waals surface area contributed by atoms with Gasteiger partial charge >= 0.3 is 0 Å². The van der Waals surface area contributed by atoms with Crippen LogP contribution in [0.1, 0.15) is 25.0 Å². The van der Waals surface area contributed by atoms with E-state index >= 15 is 0 Å². The van der Waals surface area contributed by atoms with E-state index in [-0.39, 0.29) is 5.41 Å². The molecule has 5 heteroatoms. The second-order valence-corrected chi connectivity index (χ2v) is 13.1. The number of hydrogen-bond donors (Lipinski definition) is 0. The van der Waals surface area contributed by atoms with Gasteiger partial charge in [0.1, 0.15) is 11.6 Å². The topological polar surface area (TPSA) is 32.3 Å². The maximum absolute atomic E-state index is 4.84. The van der Waals surface area contributed by atoms with Gasteiger partial charge < -0.3 is 0 Å². The molecule has 8 rings (SSSR count). The SMILES string of the molecule is CC1(C)c2ccccc2-c2ccc(N(c3cc(Br)cc(N(c4ccc5ccccc5c4)c4ccccn4)c3)c3ccccn3)cc21. The van der Waals surface area contributed by atoms with E-state index in [2.05, 4.69) is 149 Å². The van der Waals surface area contributed by atoms with Crippen molar-refractivity contribution in [3.63, 3.8) is 0 Å². The molecule has 2 aromatic heterocycles. The zero-order valence-electron chi connectivity index (χ0n) is 25.6. The molecule has 0 saturated heterocycles. The van der Waals surface area contributed by atoms with Gasteiger partial charge in [-0.05, 0) is 99.8 Å². The summed E-state index contributed by atoms with van der Waals surface area (Å²) in [6, 6.07) is 49.2. The Hall–Kier alpha value is -5.26. The van der Waals surface area contributed by atoms with Gasteiger partial charge in [-0.15, -0.1) is 0 Å². The van der Waals surface area contributed by atoms with E-state index in [1.807, 2.05) is 42.7 Å². The van der Waals surface area contributed by atoms with Gasteiger partial charge in [-0.25, -0.2) is 9.97 Å². The van der Waals surface area contributed by atoms with E-state index in [1.165, 1.54) is 33.0 Å². The summed E-state index contributed by atoms with van der Waals surface area (Å²) >= 11 is 3.87. The zero-order valence-corrected chi connectivity index (χ0v) is 27.2. The first-order valence-corrected chi connectivity index (χ1v) is 16.2. The first kappa shape index (κ1) is 28.2. The number of halogens is 1. The second-order valence-electron chi connectivity index (χ2n) is 12.1. The van der Waals surface area contributed by atoms with Crippen LogP contribution in [0, 0.1) is 0 Å². The van der Waals surface area contributed by atoms with E-state index in [0.717, 1.165) is 38.9 Å². The van der Waals surface area contributed by atoms with E-state index in [9.17, 15) is 0 Å². The smallest absolute Gasteiger partial charge is 0.137 e. The summed E-state index contributed by atoms with van der Waals surface area (Å²) in [4.78, 5) is 14.1. The van der Waals surface area contributed by atoms with E-state index in [0.29, 0.717) is 0 Å². The Balaban J connectivity index is 1.31. The third-order valence-corrected chi connectivity index (χ3v) is 9.41. The predicted octanol–water partition coefficient (Wildman–Crippen LogP) is 11.6. The Morgan fingerprint density at radius 1 is 0.478 bits per heavy atom. The molecule has 46 heavy (non-hydrogen) atoms. The van der Waals surface area contributed by atoms with Crippen molar-refractivity contribution < 1.29 is 0 Å². The normalized spacial score (nSPS) is 12.8. The molecule has 1 aliphatic rings. The molecule has 0 amide bonds. The molecule has 0 saturated carbocycles. The zero-order chi connectivity index (χ0) is 31.3. The maximum atomic E-state index is 4.84. The molecule has 1 aliphatic carbocycles. The summed E-state index contributed by atoms with van der Waals surface area (Å²) in [6.45, 7) is 4.64. The molecule has 7 aromatic rings. The third-order valence-electron chi connectivity index (χ3n) is 8.96. The van der Waals surface area contributed by atoms with Crippen molar-refractivity contribution in [3.8, 4) is 11.1 Å². The van der Waals surface area contributed by atoms with Crippen LogP contribution >= 0.6 is 15.9 Å². The molecule has 0 fully saturated rings. The average Bonchev–Trinajstić information content (AvgIpc) is 3.31. The van der Waals surface area contributed by atoms with Crippen molar-refractivity contribution in [1.29, 1.82) is 0 Å². The van der Waals surface area contributed by atoms with Gasteiger partial charge in [0.2, 0.25) is 0 Å². The lowest BCUT2D eigenvalue weighted by molar-refractivity contribution is 0.660. The van der Waals surface area contributed by atoms with Crippen LogP contribution in [0.2, 0.25) is 0 Å². The molecule has 5 aromatic carbocycles. The molecule has 0 radical (unpaired) electrons. The highest BCUT2D eigenvalue weighted by Crippen LogP contribution is 2.51. The van der Waals surface area contributed by atoms with Gasteiger partial charge in [0.25, 0.3) is 0 Å². The summed E-state index contributed by atoms with van der Waals surface area (Å²) in [6.07, 6.45) is 3.69. The molecule has 0 spiro atoms. The third kappa shape index (κ3) is 4.84. The van der Waals surface area contributed by atoms with E-state index in [1.54, 1.807) is 0 Å². The fourth-order valence-corrected chi connectivity index (χ4v) is 7.23. The summed E-state index contributed by atoms with van der Waals surface area (Å²) in [5.41, 5.74) is 9.20. The molecular formula is C41H31BrN4. The van der Waals surface area contributed by atoms with Gasteiger partial charge in [0.15, 0.2) is 0 Å². The van der Waals surface area contributed by atoms with E-state index in [4.69, 9.17) is 9.97 Å². The van der Waals surface area contributed by atoms with Crippen molar-refractivity contribution in [1.82, 2.24) is 9.97 Å². The van der Waals surface area contributed by atoms with Gasteiger partial charge in [0, 0.05) is 33.7 Å². The van der Waals surface area contributed by atoms with Crippen LogP contribution in [-0.2, 0) is 5.41 Å². The molecular weight excluding hydrogens is 628 g/mol. The first-order valence-electron chi connectivity index (χ1n) is 15.4. The predicted molar refractivity (Wildman–Crippen MR) is 194 cm³/mol. The Morgan fingerprint density at radius 2 is 1.04 bits per heavy atom. The first-order chi connectivity index (χ1) is 22.5. The standard InChI is InChI=1S/C41H31BrN4/c1-41(2)37-14-6-5-13-35(37)36-20-19-32(27-38(36)41)46(40-16-8-10-22-44-40)34-25-30(42)24-33(26-34)45(39-15-7-9-21-43-39)31-18-17-28-11-3-4-12-29(28)23-31/h3-27H,1-2H3. The monoisotopic (exact) mass is 658 g/mol. The summed E-state index contributed by atoms with van der Waals surface area (Å²) in [5, 5.41) is 2.37. The molecule has 4 nitrogen and oxygen atoms in total. The summed E-state index contributed by atoms with van der Waals surface area (Å²) in [5.74, 6) is 1.68. The van der Waals surface area contributed by atoms with Crippen molar-refractivity contribution in [2.75, 3.05) is 9.80 Å². The van der Waals surface area contributed by atoms with Gasteiger partial charge in [-0.1, -0.05) is 103 Å². The number of nitrogens with zero attached hydrogens (tertiary/aromatic N) is 4. The molecule has 0 bridgehead atoms. The van der Waals surface area contributed by atoms with Crippen LogP contribution in [0.3, 0.4) is 0 Å². The van der Waals surface area contributed by atoms with Crippen molar-refractivity contribution in [3.05, 3.63) is 168 Å². The lowest BCUT2D eigenvalue weighted by Crippen LogP contribution is -2.17. The number of aromatic nitrogens is 2. The summed E-state index contributed by atoms with van der Waals surface area (Å²) < 4.78 is 0.955. The van der Waals surface area contributed by atoms with Crippen LogP contribution in [-0.4, -0.2) is 9.97 Å². The number of anilines is 6. The minimum Gasteiger partial charge on any atom is -0.295 e. The number of fused-ring (bicyclic) bond motifs is 4. The Morgan fingerprint density at radius 3 is 1.72 bits per heavy atom. The number of hydrogen-bond acceptors (Lipinski definition) is 4. The molecule has 222 valence electrons. The number of rotatable bonds is 6. The van der Waals surface area contributed by atoms with Crippen molar-refractivity contribution >= 4 is 61.1 Å². The molecule has 0 N–H and O–H groups in total. The highest BCUT2D eigenvalue weighted by atomic mass is 79.9. The number of benzene rings is 5. The van der Waals surface area contributed by atoms with Gasteiger partial charge in [-0.2, -0.15) is 0 Å². The van der Waals surface area contributed by atoms with E-state index < -0.39 is 0 Å². The maximum Gasteiger partial charge on any atom is 0.137 e. The highest BCUT2D eigenvalue weighted by Gasteiger charge is 2.35. The minimum atomic E-state index is -0.119. The van der Waals surface area contributed by atoms with Crippen molar-refractivity contribution in [2.24, 2.45) is 0 Å². The Kier molecular flexibility index (Phi) is 6.92. The lowest BCUT2D eigenvalue weighted by atomic mass is 9.82. The van der Waals surface area contributed by atoms with Crippen LogP contribution < -0.4 is 9.80 Å². The lowest BCUT2D eigenvalue weighted by Gasteiger charge is -2.29. The molecule has 0 unspecified atom stereocenters. The fourth-order valence-electron chi connectivity index (χ4n) is 6.76. The summed E-state index contributed by atoms with van der Waals surface area (Å²) in [7, 11) is 0. The molecule has 0 aliphatic heterocycles. The Labute approximate surface area is 277 Å².